The molecule has 1 saturated heterocycles. The highest BCUT2D eigenvalue weighted by Crippen LogP contribution is 2.10. The standard InChI is InChI=1S/C13H24N4O/c1-3-5-14-9-13-11-18-8-7-17(13)10-12-4-6-16(2)15-12/h4,6,13-14H,3,5,7-11H2,1-2H3. The van der Waals surface area contributed by atoms with Gasteiger partial charge in [0.15, 0.2) is 0 Å². The molecule has 1 aliphatic rings. The number of hydrogen-bond donors (Lipinski definition) is 1. The molecule has 5 heteroatoms. The maximum absolute atomic E-state index is 5.58. The Labute approximate surface area is 109 Å². The van der Waals surface area contributed by atoms with Gasteiger partial charge < -0.3 is 10.1 Å². The van der Waals surface area contributed by atoms with Crippen LogP contribution < -0.4 is 5.32 Å². The molecule has 1 aromatic rings. The van der Waals surface area contributed by atoms with Crippen molar-refractivity contribution in [3.05, 3.63) is 18.0 Å². The Balaban J connectivity index is 1.86. The third kappa shape index (κ3) is 3.80. The van der Waals surface area contributed by atoms with E-state index in [2.05, 4.69) is 28.3 Å². The second kappa shape index (κ2) is 6.87. The summed E-state index contributed by atoms with van der Waals surface area (Å²) in [7, 11) is 1.96. The maximum Gasteiger partial charge on any atom is 0.0764 e. The molecule has 5 nitrogen and oxygen atoms in total. The summed E-state index contributed by atoms with van der Waals surface area (Å²) in [5.41, 5.74) is 1.14. The molecule has 0 aromatic carbocycles. The third-order valence-corrected chi connectivity index (χ3v) is 3.29. The number of hydrogen-bond acceptors (Lipinski definition) is 4. The van der Waals surface area contributed by atoms with Crippen LogP contribution in [-0.2, 0) is 18.3 Å². The van der Waals surface area contributed by atoms with Crippen molar-refractivity contribution >= 4 is 0 Å². The van der Waals surface area contributed by atoms with Crippen molar-refractivity contribution in [2.45, 2.75) is 25.9 Å². The van der Waals surface area contributed by atoms with E-state index in [-0.39, 0.29) is 0 Å². The fourth-order valence-corrected chi connectivity index (χ4v) is 2.29. The van der Waals surface area contributed by atoms with Gasteiger partial charge in [-0.15, -0.1) is 0 Å². The lowest BCUT2D eigenvalue weighted by Crippen LogP contribution is -2.50. The van der Waals surface area contributed by atoms with Crippen molar-refractivity contribution in [2.24, 2.45) is 7.05 Å². The van der Waals surface area contributed by atoms with E-state index in [1.807, 2.05) is 17.9 Å². The first-order valence-corrected chi connectivity index (χ1v) is 6.80. The van der Waals surface area contributed by atoms with Crippen molar-refractivity contribution in [1.82, 2.24) is 20.0 Å². The first kappa shape index (κ1) is 13.5. The molecule has 0 spiro atoms. The third-order valence-electron chi connectivity index (χ3n) is 3.29. The Morgan fingerprint density at radius 1 is 1.56 bits per heavy atom. The normalized spacial score (nSPS) is 21.3. The van der Waals surface area contributed by atoms with E-state index in [9.17, 15) is 0 Å². The summed E-state index contributed by atoms with van der Waals surface area (Å²) >= 11 is 0. The molecule has 18 heavy (non-hydrogen) atoms. The van der Waals surface area contributed by atoms with Crippen LogP contribution in [0.25, 0.3) is 0 Å². The van der Waals surface area contributed by atoms with Crippen LogP contribution in [0, 0.1) is 0 Å². The molecule has 2 heterocycles. The smallest absolute Gasteiger partial charge is 0.0764 e. The molecule has 1 atom stereocenters. The van der Waals surface area contributed by atoms with E-state index in [1.165, 1.54) is 6.42 Å². The fraction of sp³-hybridized carbons (Fsp3) is 0.769. The number of aryl methyl sites for hydroxylation is 1. The van der Waals surface area contributed by atoms with Gasteiger partial charge in [-0.2, -0.15) is 5.10 Å². The molecule has 0 radical (unpaired) electrons. The van der Waals surface area contributed by atoms with E-state index in [0.29, 0.717) is 6.04 Å². The highest BCUT2D eigenvalue weighted by molar-refractivity contribution is 4.99. The summed E-state index contributed by atoms with van der Waals surface area (Å²) in [5, 5.41) is 7.93. The average Bonchev–Trinajstić information content (AvgIpc) is 2.77. The number of nitrogens with one attached hydrogen (secondary N) is 1. The van der Waals surface area contributed by atoms with Crippen molar-refractivity contribution in [3.63, 3.8) is 0 Å². The molecule has 0 aliphatic carbocycles. The van der Waals surface area contributed by atoms with Crippen LogP contribution in [0.1, 0.15) is 19.0 Å². The predicted molar refractivity (Wildman–Crippen MR) is 71.4 cm³/mol. The summed E-state index contributed by atoms with van der Waals surface area (Å²) in [6.07, 6.45) is 3.17. The Bertz CT molecular complexity index is 353. The van der Waals surface area contributed by atoms with Crippen LogP contribution in [0.4, 0.5) is 0 Å². The van der Waals surface area contributed by atoms with Crippen LogP contribution >= 0.6 is 0 Å². The Kier molecular flexibility index (Phi) is 5.16. The molecule has 1 aromatic heterocycles. The summed E-state index contributed by atoms with van der Waals surface area (Å²) in [6, 6.07) is 2.55. The molecule has 0 bridgehead atoms. The Morgan fingerprint density at radius 3 is 3.17 bits per heavy atom. The van der Waals surface area contributed by atoms with Crippen LogP contribution in [-0.4, -0.2) is 53.6 Å². The van der Waals surface area contributed by atoms with Crippen molar-refractivity contribution in [3.8, 4) is 0 Å². The Hall–Kier alpha value is -0.910. The van der Waals surface area contributed by atoms with Crippen LogP contribution in [0.15, 0.2) is 12.3 Å². The number of rotatable bonds is 6. The van der Waals surface area contributed by atoms with Gasteiger partial charge in [0.05, 0.1) is 18.9 Å². The van der Waals surface area contributed by atoms with Gasteiger partial charge in [-0.3, -0.25) is 9.58 Å². The highest BCUT2D eigenvalue weighted by Gasteiger charge is 2.23. The van der Waals surface area contributed by atoms with Gasteiger partial charge >= 0.3 is 0 Å². The largest absolute Gasteiger partial charge is 0.378 e. The summed E-state index contributed by atoms with van der Waals surface area (Å²) in [5.74, 6) is 0. The lowest BCUT2D eigenvalue weighted by Gasteiger charge is -2.35. The molecule has 1 fully saturated rings. The number of ether oxygens (including phenoxy) is 1. The molecule has 1 unspecified atom stereocenters. The molecule has 2 rings (SSSR count). The summed E-state index contributed by atoms with van der Waals surface area (Å²) < 4.78 is 7.44. The van der Waals surface area contributed by atoms with Crippen LogP contribution in [0.5, 0.6) is 0 Å². The van der Waals surface area contributed by atoms with Crippen molar-refractivity contribution < 1.29 is 4.74 Å². The van der Waals surface area contributed by atoms with Gasteiger partial charge in [0.1, 0.15) is 0 Å². The van der Waals surface area contributed by atoms with E-state index >= 15 is 0 Å². The number of aromatic nitrogens is 2. The summed E-state index contributed by atoms with van der Waals surface area (Å²) in [6.45, 7) is 7.84. The fourth-order valence-electron chi connectivity index (χ4n) is 2.29. The molecule has 0 saturated carbocycles. The molecule has 102 valence electrons. The predicted octanol–water partition coefficient (Wildman–Crippen LogP) is 0.620. The maximum atomic E-state index is 5.58. The quantitative estimate of drug-likeness (QED) is 0.754. The second-order valence-electron chi connectivity index (χ2n) is 4.88. The van der Waals surface area contributed by atoms with E-state index < -0.39 is 0 Å². The summed E-state index contributed by atoms with van der Waals surface area (Å²) in [4.78, 5) is 2.47. The van der Waals surface area contributed by atoms with Gasteiger partial charge in [0, 0.05) is 38.9 Å². The molecule has 0 amide bonds. The monoisotopic (exact) mass is 252 g/mol. The van der Waals surface area contributed by atoms with Gasteiger partial charge in [-0.25, -0.2) is 0 Å². The van der Waals surface area contributed by atoms with Gasteiger partial charge in [0.25, 0.3) is 0 Å². The zero-order valence-corrected chi connectivity index (χ0v) is 11.4. The van der Waals surface area contributed by atoms with Crippen LogP contribution in [0.3, 0.4) is 0 Å². The first-order chi connectivity index (χ1) is 8.79. The lowest BCUT2D eigenvalue weighted by molar-refractivity contribution is -0.0114. The molecular formula is C13H24N4O. The van der Waals surface area contributed by atoms with Crippen molar-refractivity contribution in [1.29, 1.82) is 0 Å². The van der Waals surface area contributed by atoms with E-state index in [4.69, 9.17) is 4.74 Å². The van der Waals surface area contributed by atoms with E-state index in [0.717, 1.165) is 45.1 Å². The van der Waals surface area contributed by atoms with Gasteiger partial charge in [-0.1, -0.05) is 6.92 Å². The topological polar surface area (TPSA) is 42.3 Å². The molecular weight excluding hydrogens is 228 g/mol. The minimum atomic E-state index is 0.465. The second-order valence-corrected chi connectivity index (χ2v) is 4.88. The van der Waals surface area contributed by atoms with E-state index in [1.54, 1.807) is 0 Å². The number of nitrogens with zero attached hydrogens (tertiary/aromatic N) is 3. The Morgan fingerprint density at radius 2 is 2.44 bits per heavy atom. The number of morpholine rings is 1. The first-order valence-electron chi connectivity index (χ1n) is 6.80. The SMILES string of the molecule is CCCNCC1COCCN1Cc1ccn(C)n1. The van der Waals surface area contributed by atoms with Crippen LogP contribution in [0.2, 0.25) is 0 Å². The minimum Gasteiger partial charge on any atom is -0.378 e. The lowest BCUT2D eigenvalue weighted by atomic mass is 10.2. The zero-order valence-electron chi connectivity index (χ0n) is 11.4. The molecule has 1 N–H and O–H groups in total. The minimum absolute atomic E-state index is 0.465. The molecule has 1 aliphatic heterocycles. The highest BCUT2D eigenvalue weighted by atomic mass is 16.5. The van der Waals surface area contributed by atoms with Gasteiger partial charge in [0.2, 0.25) is 0 Å². The average molecular weight is 252 g/mol. The van der Waals surface area contributed by atoms with Crippen molar-refractivity contribution in [2.75, 3.05) is 32.8 Å². The van der Waals surface area contributed by atoms with Gasteiger partial charge in [-0.05, 0) is 19.0 Å². The zero-order chi connectivity index (χ0) is 12.8.